The summed E-state index contributed by atoms with van der Waals surface area (Å²) in [6.07, 6.45) is 2.03. The molecule has 1 amide bonds. The van der Waals surface area contributed by atoms with E-state index in [1.165, 1.54) is 6.07 Å². The van der Waals surface area contributed by atoms with Gasteiger partial charge in [-0.3, -0.25) is 14.9 Å². The molecule has 2 atom stereocenters. The van der Waals surface area contributed by atoms with E-state index < -0.39 is 10.8 Å². The van der Waals surface area contributed by atoms with Crippen molar-refractivity contribution in [1.82, 2.24) is 10.3 Å². The number of pyridine rings is 1. The molecule has 7 heteroatoms. The van der Waals surface area contributed by atoms with E-state index in [-0.39, 0.29) is 17.3 Å². The molecular weight excluding hydrogens is 272 g/mol. The molecule has 21 heavy (non-hydrogen) atoms. The molecule has 1 heterocycles. The van der Waals surface area contributed by atoms with Crippen LogP contribution in [0.25, 0.3) is 0 Å². The summed E-state index contributed by atoms with van der Waals surface area (Å²) in [6.45, 7) is 8.45. The van der Waals surface area contributed by atoms with Crippen molar-refractivity contribution in [2.75, 3.05) is 11.9 Å². The zero-order chi connectivity index (χ0) is 16.0. The van der Waals surface area contributed by atoms with Gasteiger partial charge in [0.05, 0.1) is 4.92 Å². The monoisotopic (exact) mass is 294 g/mol. The van der Waals surface area contributed by atoms with Crippen LogP contribution in [0.1, 0.15) is 44.5 Å². The maximum Gasteiger partial charge on any atom is 0.300 e. The minimum atomic E-state index is -0.592. The Balaban J connectivity index is 3.04. The summed E-state index contributed by atoms with van der Waals surface area (Å²) in [5.41, 5.74) is -0.258. The first-order valence-electron chi connectivity index (χ1n) is 7.09. The third kappa shape index (κ3) is 4.40. The Hall–Kier alpha value is -2.18. The van der Waals surface area contributed by atoms with Crippen LogP contribution in [0.2, 0.25) is 0 Å². The Morgan fingerprint density at radius 3 is 2.62 bits per heavy atom. The van der Waals surface area contributed by atoms with Gasteiger partial charge in [0.1, 0.15) is 17.6 Å². The van der Waals surface area contributed by atoms with E-state index in [9.17, 15) is 14.9 Å². The molecule has 116 valence electrons. The predicted molar refractivity (Wildman–Crippen MR) is 81.4 cm³/mol. The Kier molecular flexibility index (Phi) is 6.08. The second-order valence-corrected chi connectivity index (χ2v) is 5.02. The minimum absolute atomic E-state index is 0.0288. The number of nitro groups is 1. The second kappa shape index (κ2) is 7.56. The third-order valence-corrected chi connectivity index (χ3v) is 3.54. The molecule has 1 aromatic heterocycles. The zero-order valence-electron chi connectivity index (χ0n) is 12.8. The average molecular weight is 294 g/mol. The molecule has 0 spiro atoms. The molecule has 0 bridgehead atoms. The molecule has 2 unspecified atom stereocenters. The van der Waals surface area contributed by atoms with Gasteiger partial charge in [-0.2, -0.15) is 0 Å². The summed E-state index contributed by atoms with van der Waals surface area (Å²) < 4.78 is 0. The molecule has 0 fully saturated rings. The largest absolute Gasteiger partial charge is 0.370 e. The van der Waals surface area contributed by atoms with E-state index in [0.717, 1.165) is 12.6 Å². The van der Waals surface area contributed by atoms with Gasteiger partial charge in [-0.15, -0.1) is 0 Å². The van der Waals surface area contributed by atoms with Gasteiger partial charge in [-0.25, -0.2) is 4.98 Å². The number of hydrogen-bond donors (Lipinski definition) is 2. The van der Waals surface area contributed by atoms with Crippen molar-refractivity contribution in [3.8, 4) is 0 Å². The van der Waals surface area contributed by atoms with Crippen molar-refractivity contribution >= 4 is 17.4 Å². The molecule has 0 saturated carbocycles. The van der Waals surface area contributed by atoms with Crippen molar-refractivity contribution in [2.45, 2.75) is 40.2 Å². The summed E-state index contributed by atoms with van der Waals surface area (Å²) in [7, 11) is 0. The first-order chi connectivity index (χ1) is 9.90. The van der Waals surface area contributed by atoms with Gasteiger partial charge in [0.25, 0.3) is 11.6 Å². The molecular formula is C14H22N4O3. The van der Waals surface area contributed by atoms with Crippen molar-refractivity contribution in [3.05, 3.63) is 27.9 Å². The van der Waals surface area contributed by atoms with Gasteiger partial charge in [0.15, 0.2) is 0 Å². The van der Waals surface area contributed by atoms with Crippen LogP contribution >= 0.6 is 0 Å². The van der Waals surface area contributed by atoms with Crippen LogP contribution in [-0.4, -0.2) is 28.4 Å². The van der Waals surface area contributed by atoms with Gasteiger partial charge in [0, 0.05) is 18.7 Å². The van der Waals surface area contributed by atoms with Crippen molar-refractivity contribution < 1.29 is 9.72 Å². The highest BCUT2D eigenvalue weighted by molar-refractivity contribution is 5.98. The minimum Gasteiger partial charge on any atom is -0.370 e. The van der Waals surface area contributed by atoms with E-state index >= 15 is 0 Å². The van der Waals surface area contributed by atoms with Crippen molar-refractivity contribution in [1.29, 1.82) is 0 Å². The fourth-order valence-corrected chi connectivity index (χ4v) is 1.83. The molecule has 0 saturated heterocycles. The molecule has 1 aromatic rings. The van der Waals surface area contributed by atoms with E-state index in [1.807, 2.05) is 27.7 Å². The van der Waals surface area contributed by atoms with Crippen LogP contribution in [0.5, 0.6) is 0 Å². The first kappa shape index (κ1) is 16.9. The topological polar surface area (TPSA) is 97.2 Å². The maximum atomic E-state index is 12.3. The van der Waals surface area contributed by atoms with Crippen LogP contribution in [-0.2, 0) is 0 Å². The molecule has 7 nitrogen and oxygen atoms in total. The van der Waals surface area contributed by atoms with E-state index in [0.29, 0.717) is 18.3 Å². The number of hydrogen-bond acceptors (Lipinski definition) is 5. The van der Waals surface area contributed by atoms with Crippen LogP contribution in [0.3, 0.4) is 0 Å². The third-order valence-electron chi connectivity index (χ3n) is 3.54. The van der Waals surface area contributed by atoms with E-state index in [2.05, 4.69) is 15.6 Å². The van der Waals surface area contributed by atoms with Crippen LogP contribution in [0.4, 0.5) is 11.5 Å². The van der Waals surface area contributed by atoms with Crippen LogP contribution < -0.4 is 10.6 Å². The molecule has 0 aliphatic carbocycles. The normalized spacial score (nSPS) is 13.3. The van der Waals surface area contributed by atoms with Crippen molar-refractivity contribution in [2.24, 2.45) is 5.92 Å². The Morgan fingerprint density at radius 1 is 1.43 bits per heavy atom. The number of nitrogens with one attached hydrogen (secondary N) is 2. The molecule has 0 aliphatic rings. The molecule has 1 rings (SSSR count). The molecule has 0 aliphatic heterocycles. The Labute approximate surface area is 124 Å². The fraction of sp³-hybridized carbons (Fsp3) is 0.571. The Morgan fingerprint density at radius 2 is 2.10 bits per heavy atom. The second-order valence-electron chi connectivity index (χ2n) is 5.02. The van der Waals surface area contributed by atoms with Gasteiger partial charge in [0.2, 0.25) is 0 Å². The highest BCUT2D eigenvalue weighted by Gasteiger charge is 2.23. The SMILES string of the molecule is CCNc1cc(C(=O)NC(C)C(C)CC)c([N+](=O)[O-])cn1. The number of nitrogens with zero attached hydrogens (tertiary/aromatic N) is 2. The molecule has 0 radical (unpaired) electrons. The lowest BCUT2D eigenvalue weighted by molar-refractivity contribution is -0.385. The number of carbonyl (C=O) groups excluding carboxylic acids is 1. The fourth-order valence-electron chi connectivity index (χ4n) is 1.83. The summed E-state index contributed by atoms with van der Waals surface area (Å²) in [6, 6.07) is 1.36. The van der Waals surface area contributed by atoms with Crippen LogP contribution in [0.15, 0.2) is 12.3 Å². The average Bonchev–Trinajstić information content (AvgIpc) is 2.46. The smallest absolute Gasteiger partial charge is 0.300 e. The summed E-state index contributed by atoms with van der Waals surface area (Å²) >= 11 is 0. The standard InChI is InChI=1S/C14H22N4O3/c1-5-9(3)10(4)17-14(19)11-7-13(15-6-2)16-8-12(11)18(20)21/h7-10H,5-6H2,1-4H3,(H,15,16)(H,17,19). The number of amides is 1. The molecule has 0 aromatic carbocycles. The van der Waals surface area contributed by atoms with E-state index in [1.54, 1.807) is 0 Å². The lowest BCUT2D eigenvalue weighted by Crippen LogP contribution is -2.37. The summed E-state index contributed by atoms with van der Waals surface area (Å²) in [5, 5.41) is 16.8. The summed E-state index contributed by atoms with van der Waals surface area (Å²) in [5.74, 6) is 0.295. The number of aromatic nitrogens is 1. The van der Waals surface area contributed by atoms with Gasteiger partial charge < -0.3 is 10.6 Å². The number of rotatable bonds is 7. The highest BCUT2D eigenvalue weighted by atomic mass is 16.6. The van der Waals surface area contributed by atoms with Crippen molar-refractivity contribution in [3.63, 3.8) is 0 Å². The van der Waals surface area contributed by atoms with Gasteiger partial charge in [-0.05, 0) is 19.8 Å². The quantitative estimate of drug-likeness (QED) is 0.595. The molecule has 2 N–H and O–H groups in total. The highest BCUT2D eigenvalue weighted by Crippen LogP contribution is 2.21. The number of anilines is 1. The predicted octanol–water partition coefficient (Wildman–Crippen LogP) is 2.59. The zero-order valence-corrected chi connectivity index (χ0v) is 12.8. The summed E-state index contributed by atoms with van der Waals surface area (Å²) in [4.78, 5) is 26.7. The maximum absolute atomic E-state index is 12.3. The van der Waals surface area contributed by atoms with E-state index in [4.69, 9.17) is 0 Å². The lowest BCUT2D eigenvalue weighted by Gasteiger charge is -2.19. The van der Waals surface area contributed by atoms with Gasteiger partial charge in [-0.1, -0.05) is 20.3 Å². The first-order valence-corrected chi connectivity index (χ1v) is 7.09. The lowest BCUT2D eigenvalue weighted by atomic mass is 10.0. The number of carbonyl (C=O) groups is 1. The van der Waals surface area contributed by atoms with Crippen LogP contribution in [0, 0.1) is 16.0 Å². The van der Waals surface area contributed by atoms with Gasteiger partial charge >= 0.3 is 0 Å². The Bertz CT molecular complexity index is 519.